The van der Waals surface area contributed by atoms with Gasteiger partial charge >= 0.3 is 6.18 Å². The number of carbonyl (C=O) groups is 1. The summed E-state index contributed by atoms with van der Waals surface area (Å²) in [4.78, 5) is 12.7. The first-order chi connectivity index (χ1) is 18.8. The van der Waals surface area contributed by atoms with Gasteiger partial charge in [0.1, 0.15) is 26.7 Å². The SMILES string of the molecule is C[C@](O)(C(=O)CCCS(C)(=O)=O)c1ccc2c(c1)CCc1c-2noc1-c1noc(-c2ccccc2)c1C(F)(F)F. The monoisotopic (exact) mass is 574 g/mol. The van der Waals surface area contributed by atoms with Crippen molar-refractivity contribution in [2.24, 2.45) is 0 Å². The van der Waals surface area contributed by atoms with E-state index in [1.807, 2.05) is 0 Å². The third-order valence-electron chi connectivity index (χ3n) is 7.04. The predicted octanol–water partition coefficient (Wildman–Crippen LogP) is 5.38. The molecule has 0 fully saturated rings. The van der Waals surface area contributed by atoms with Gasteiger partial charge in [0.2, 0.25) is 0 Å². The zero-order valence-electron chi connectivity index (χ0n) is 21.6. The minimum absolute atomic E-state index is 0.0950. The molecule has 0 unspecified atom stereocenters. The molecule has 40 heavy (non-hydrogen) atoms. The third-order valence-corrected chi connectivity index (χ3v) is 8.07. The molecule has 4 aromatic rings. The van der Waals surface area contributed by atoms with E-state index in [1.165, 1.54) is 19.1 Å². The van der Waals surface area contributed by atoms with E-state index in [-0.39, 0.29) is 36.3 Å². The number of hydrogen-bond donors (Lipinski definition) is 1. The van der Waals surface area contributed by atoms with Gasteiger partial charge in [-0.1, -0.05) is 58.8 Å². The number of Topliss-reactive ketones (excluding diaryl/α,β-unsaturated/α-hetero) is 1. The van der Waals surface area contributed by atoms with Crippen molar-refractivity contribution >= 4 is 15.6 Å². The molecule has 8 nitrogen and oxygen atoms in total. The first-order valence-corrected chi connectivity index (χ1v) is 14.5. The molecule has 12 heteroatoms. The number of benzene rings is 2. The molecule has 1 atom stereocenters. The molecule has 0 radical (unpaired) electrons. The maximum absolute atomic E-state index is 14.2. The van der Waals surface area contributed by atoms with Crippen molar-refractivity contribution in [3.63, 3.8) is 0 Å². The summed E-state index contributed by atoms with van der Waals surface area (Å²) in [7, 11) is -3.23. The van der Waals surface area contributed by atoms with Crippen LogP contribution in [0.25, 0.3) is 34.0 Å². The number of aliphatic hydroxyl groups is 1. The van der Waals surface area contributed by atoms with Crippen molar-refractivity contribution in [1.82, 2.24) is 10.3 Å². The Morgan fingerprint density at radius 1 is 1.00 bits per heavy atom. The van der Waals surface area contributed by atoms with Crippen LogP contribution < -0.4 is 0 Å². The van der Waals surface area contributed by atoms with E-state index in [9.17, 15) is 31.5 Å². The molecule has 210 valence electrons. The molecule has 2 aromatic heterocycles. The molecule has 5 rings (SSSR count). The summed E-state index contributed by atoms with van der Waals surface area (Å²) in [5, 5.41) is 18.8. The average molecular weight is 575 g/mol. The molecule has 2 heterocycles. The Kier molecular flexibility index (Phi) is 6.95. The van der Waals surface area contributed by atoms with Crippen LogP contribution in [0.1, 0.15) is 42.0 Å². The van der Waals surface area contributed by atoms with E-state index < -0.39 is 44.4 Å². The van der Waals surface area contributed by atoms with Gasteiger partial charge in [0.15, 0.2) is 23.0 Å². The number of ketones is 1. The van der Waals surface area contributed by atoms with Crippen molar-refractivity contribution in [2.45, 2.75) is 44.4 Å². The van der Waals surface area contributed by atoms with E-state index >= 15 is 0 Å². The lowest BCUT2D eigenvalue weighted by atomic mass is 9.83. The lowest BCUT2D eigenvalue weighted by Gasteiger charge is -2.25. The molecule has 1 aliphatic carbocycles. The molecule has 1 aliphatic rings. The van der Waals surface area contributed by atoms with Crippen molar-refractivity contribution in [1.29, 1.82) is 0 Å². The van der Waals surface area contributed by atoms with Gasteiger partial charge in [-0.2, -0.15) is 13.2 Å². The standard InChI is InChI=1S/C28H25F3N2O6S/c1-27(35,21(34)9-6-14-40(2,36)37)18-11-13-19-17(15-18)10-12-20-23(19)32-39-26(20)24-22(28(29,30)31)25(38-33-24)16-7-4-3-5-8-16/h3-5,7-8,11,13,15,35H,6,9-10,12,14H2,1-2H3/t27-/m1/s1. The third kappa shape index (κ3) is 5.20. The normalized spacial score (nSPS) is 14.8. The summed E-state index contributed by atoms with van der Waals surface area (Å²) < 4.78 is 75.9. The number of rotatable bonds is 8. The highest BCUT2D eigenvalue weighted by Crippen LogP contribution is 2.46. The van der Waals surface area contributed by atoms with Gasteiger partial charge in [0.05, 0.1) is 5.75 Å². The fourth-order valence-corrected chi connectivity index (χ4v) is 5.60. The summed E-state index contributed by atoms with van der Waals surface area (Å²) in [5.74, 6) is -1.23. The number of hydrogen-bond acceptors (Lipinski definition) is 8. The van der Waals surface area contributed by atoms with Crippen molar-refractivity contribution in [3.05, 3.63) is 70.8 Å². The van der Waals surface area contributed by atoms with Gasteiger partial charge in [0.25, 0.3) is 0 Å². The Hall–Kier alpha value is -3.77. The summed E-state index contributed by atoms with van der Waals surface area (Å²) in [6.07, 6.45) is -3.05. The lowest BCUT2D eigenvalue weighted by molar-refractivity contribution is -0.137. The van der Waals surface area contributed by atoms with E-state index in [0.717, 1.165) is 11.8 Å². The molecular weight excluding hydrogens is 549 g/mol. The number of halogens is 3. The fraction of sp³-hybridized carbons (Fsp3) is 0.321. The molecule has 0 aliphatic heterocycles. The second-order valence-corrected chi connectivity index (χ2v) is 12.3. The Morgan fingerprint density at radius 3 is 2.35 bits per heavy atom. The molecule has 0 saturated carbocycles. The largest absolute Gasteiger partial charge is 0.422 e. The Labute approximate surface area is 227 Å². The van der Waals surface area contributed by atoms with Crippen molar-refractivity contribution in [3.8, 4) is 34.0 Å². The molecule has 2 aromatic carbocycles. The van der Waals surface area contributed by atoms with Crippen LogP contribution in [0.4, 0.5) is 13.2 Å². The smallest absolute Gasteiger partial charge is 0.378 e. The molecule has 0 amide bonds. The Morgan fingerprint density at radius 2 is 1.68 bits per heavy atom. The molecule has 0 spiro atoms. The highest BCUT2D eigenvalue weighted by molar-refractivity contribution is 7.90. The van der Waals surface area contributed by atoms with E-state index in [4.69, 9.17) is 9.05 Å². The zero-order chi connectivity index (χ0) is 28.9. The Balaban J connectivity index is 1.48. The number of aryl methyl sites for hydroxylation is 1. The predicted molar refractivity (Wildman–Crippen MR) is 139 cm³/mol. The quantitative estimate of drug-likeness (QED) is 0.298. The second-order valence-electron chi connectivity index (χ2n) is 10.0. The van der Waals surface area contributed by atoms with Crippen LogP contribution >= 0.6 is 0 Å². The summed E-state index contributed by atoms with van der Waals surface area (Å²) in [6.45, 7) is 1.35. The van der Waals surface area contributed by atoms with Crippen LogP contribution in [0.3, 0.4) is 0 Å². The number of sulfone groups is 1. The maximum Gasteiger partial charge on any atom is 0.422 e. The van der Waals surface area contributed by atoms with Gasteiger partial charge in [-0.05, 0) is 37.3 Å². The molecular formula is C28H25F3N2O6S. The minimum atomic E-state index is -4.78. The van der Waals surface area contributed by atoms with Gasteiger partial charge < -0.3 is 14.2 Å². The maximum atomic E-state index is 14.2. The average Bonchev–Trinajstić information content (AvgIpc) is 3.52. The highest BCUT2D eigenvalue weighted by Gasteiger charge is 2.43. The number of aromatic nitrogens is 2. The summed E-state index contributed by atoms with van der Waals surface area (Å²) in [5.41, 5.74) is -0.716. The molecule has 0 saturated heterocycles. The fourth-order valence-electron chi connectivity index (χ4n) is 4.93. The topological polar surface area (TPSA) is 124 Å². The first-order valence-electron chi connectivity index (χ1n) is 12.5. The van der Waals surface area contributed by atoms with Crippen LogP contribution in [0.15, 0.2) is 57.6 Å². The number of alkyl halides is 3. The first kappa shape index (κ1) is 27.8. The summed E-state index contributed by atoms with van der Waals surface area (Å²) >= 11 is 0. The number of fused-ring (bicyclic) bond motifs is 3. The van der Waals surface area contributed by atoms with Crippen LogP contribution in [-0.2, 0) is 39.3 Å². The van der Waals surface area contributed by atoms with Crippen LogP contribution in [-0.4, -0.2) is 41.6 Å². The van der Waals surface area contributed by atoms with Crippen LogP contribution in [0, 0.1) is 0 Å². The zero-order valence-corrected chi connectivity index (χ0v) is 22.4. The van der Waals surface area contributed by atoms with Gasteiger partial charge in [-0.15, -0.1) is 0 Å². The van der Waals surface area contributed by atoms with E-state index in [2.05, 4.69) is 10.3 Å². The van der Waals surface area contributed by atoms with E-state index in [1.54, 1.807) is 36.4 Å². The van der Waals surface area contributed by atoms with Gasteiger partial charge in [-0.3, -0.25) is 4.79 Å². The number of carbonyl (C=O) groups excluding carboxylic acids is 1. The van der Waals surface area contributed by atoms with Crippen LogP contribution in [0.2, 0.25) is 0 Å². The summed E-state index contributed by atoms with van der Waals surface area (Å²) in [6, 6.07) is 12.7. The second kappa shape index (κ2) is 10.0. The van der Waals surface area contributed by atoms with Crippen molar-refractivity contribution < 1.29 is 40.5 Å². The van der Waals surface area contributed by atoms with E-state index in [0.29, 0.717) is 28.8 Å². The highest BCUT2D eigenvalue weighted by atomic mass is 32.2. The Bertz CT molecular complexity index is 1690. The van der Waals surface area contributed by atoms with Gasteiger partial charge in [0, 0.05) is 29.4 Å². The minimum Gasteiger partial charge on any atom is -0.378 e. The van der Waals surface area contributed by atoms with Gasteiger partial charge in [-0.25, -0.2) is 8.42 Å². The number of nitrogens with zero attached hydrogens (tertiary/aromatic N) is 2. The molecule has 1 N–H and O–H groups in total. The van der Waals surface area contributed by atoms with Crippen molar-refractivity contribution in [2.75, 3.05) is 12.0 Å². The molecule has 0 bridgehead atoms. The van der Waals surface area contributed by atoms with Crippen LogP contribution in [0.5, 0.6) is 0 Å². The lowest BCUT2D eigenvalue weighted by Crippen LogP contribution is -2.32.